The summed E-state index contributed by atoms with van der Waals surface area (Å²) in [6.07, 6.45) is 0. The van der Waals surface area contributed by atoms with Crippen LogP contribution in [0.4, 0.5) is 0 Å². The molecule has 0 atom stereocenters. The summed E-state index contributed by atoms with van der Waals surface area (Å²) in [6, 6.07) is 0. The van der Waals surface area contributed by atoms with Crippen LogP contribution < -0.4 is 51.4 Å². The summed E-state index contributed by atoms with van der Waals surface area (Å²) >= 11 is 0. The molecule has 0 bridgehead atoms. The third-order valence-electron chi connectivity index (χ3n) is 0.0667. The summed E-state index contributed by atoms with van der Waals surface area (Å²) in [6.45, 7) is 8.72. The van der Waals surface area contributed by atoms with E-state index in [4.69, 9.17) is 0 Å². The molecule has 0 spiro atoms. The van der Waals surface area contributed by atoms with E-state index >= 15 is 0 Å². The number of hydrogen-bond acceptors (Lipinski definition) is 2. The molecule has 0 saturated heterocycles. The van der Waals surface area contributed by atoms with E-state index in [1.54, 1.807) is 0 Å². The molecule has 0 aliphatic heterocycles. The molecule has 0 aromatic carbocycles. The number of hydrogen-bond donors (Lipinski definition) is 0. The van der Waals surface area contributed by atoms with Gasteiger partial charge in [-0.25, -0.2) is 0 Å². The summed E-state index contributed by atoms with van der Waals surface area (Å²) in [4.78, 5) is 0. The Hall–Kier alpha value is 0.976. The largest absolute Gasteiger partial charge is 1.00 e. The van der Waals surface area contributed by atoms with E-state index in [9.17, 15) is 0 Å². The van der Waals surface area contributed by atoms with Crippen LogP contribution in [0.1, 0.15) is 0 Å². The van der Waals surface area contributed by atoms with Crippen molar-refractivity contribution < 1.29 is 51.4 Å². The standard InChI is InChI=1S/C2H2N2.K/c1-3-4-2;/h1-2H;/q-2;+1. The zero-order valence-electron chi connectivity index (χ0n) is 3.05. The van der Waals surface area contributed by atoms with Crippen LogP contribution in [0.2, 0.25) is 0 Å². The maximum absolute atomic E-state index is 4.36. The minimum absolute atomic E-state index is 0. The fourth-order valence-electron chi connectivity index (χ4n) is 0. The maximum atomic E-state index is 4.36. The van der Waals surface area contributed by atoms with Crippen LogP contribution in [-0.2, 0) is 0 Å². The molecule has 0 aliphatic rings. The predicted molar refractivity (Wildman–Crippen MR) is 17.0 cm³/mol. The van der Waals surface area contributed by atoms with Crippen molar-refractivity contribution >= 4 is 13.4 Å². The molecule has 0 amide bonds. The molecule has 0 saturated carbocycles. The van der Waals surface area contributed by atoms with Gasteiger partial charge >= 0.3 is 51.4 Å². The Bertz CT molecular complexity index is 28.6. The van der Waals surface area contributed by atoms with Crippen LogP contribution in [0.5, 0.6) is 0 Å². The minimum atomic E-state index is 0. The van der Waals surface area contributed by atoms with Crippen molar-refractivity contribution in [2.24, 2.45) is 10.2 Å². The summed E-state index contributed by atoms with van der Waals surface area (Å²) in [5, 5.41) is 5.28. The monoisotopic (exact) mass is 93.0 g/mol. The first kappa shape index (κ1) is 9.36. The van der Waals surface area contributed by atoms with Crippen LogP contribution in [0.3, 0.4) is 0 Å². The summed E-state index contributed by atoms with van der Waals surface area (Å²) in [7, 11) is 0. The average Bonchev–Trinajstić information content (AvgIpc) is 1.37. The van der Waals surface area contributed by atoms with Gasteiger partial charge in [-0.05, 0) is 0 Å². The SMILES string of the molecule is [CH-]=NN=[CH-].[K+]. The van der Waals surface area contributed by atoms with E-state index in [0.717, 1.165) is 0 Å². The minimum Gasteiger partial charge on any atom is -0.417 e. The van der Waals surface area contributed by atoms with Crippen molar-refractivity contribution in [3.63, 3.8) is 0 Å². The quantitative estimate of drug-likeness (QED) is 0.143. The molecule has 3 heteroatoms. The smallest absolute Gasteiger partial charge is 0.417 e. The molecule has 0 N–H and O–H groups in total. The average molecular weight is 93.2 g/mol. The van der Waals surface area contributed by atoms with Crippen LogP contribution in [0.15, 0.2) is 10.2 Å². The molecule has 0 aromatic rings. The Labute approximate surface area is 73.8 Å². The molecule has 0 aliphatic carbocycles. The van der Waals surface area contributed by atoms with E-state index in [0.29, 0.717) is 0 Å². The van der Waals surface area contributed by atoms with Gasteiger partial charge in [0.1, 0.15) is 0 Å². The Morgan fingerprint density at radius 3 is 1.20 bits per heavy atom. The second-order valence-electron chi connectivity index (χ2n) is 0.231. The first-order valence-electron chi connectivity index (χ1n) is 0.716. The van der Waals surface area contributed by atoms with E-state index in [1.165, 1.54) is 0 Å². The number of nitrogens with zero attached hydrogens (tertiary/aromatic N) is 2. The third kappa shape index (κ3) is 11.3. The first-order valence-corrected chi connectivity index (χ1v) is 0.716. The molecule has 0 rings (SSSR count). The first-order chi connectivity index (χ1) is 1.91. The van der Waals surface area contributed by atoms with Gasteiger partial charge < -0.3 is 23.6 Å². The van der Waals surface area contributed by atoms with Crippen molar-refractivity contribution in [1.82, 2.24) is 0 Å². The van der Waals surface area contributed by atoms with Crippen molar-refractivity contribution in [1.29, 1.82) is 0 Å². The Balaban J connectivity index is 0. The second kappa shape index (κ2) is 8.88. The Morgan fingerprint density at radius 2 is 1.20 bits per heavy atom. The predicted octanol–water partition coefficient (Wildman–Crippen LogP) is -2.94. The normalized spacial score (nSPS) is 4.00. The number of rotatable bonds is 1. The van der Waals surface area contributed by atoms with Gasteiger partial charge in [0.15, 0.2) is 0 Å². The van der Waals surface area contributed by atoms with E-state index < -0.39 is 0 Å². The molecule has 0 aromatic heterocycles. The van der Waals surface area contributed by atoms with Crippen molar-refractivity contribution in [2.45, 2.75) is 0 Å². The summed E-state index contributed by atoms with van der Waals surface area (Å²) < 4.78 is 0. The van der Waals surface area contributed by atoms with Crippen LogP contribution >= 0.6 is 0 Å². The van der Waals surface area contributed by atoms with Gasteiger partial charge in [0.05, 0.1) is 0 Å². The maximum Gasteiger partial charge on any atom is 1.00 e. The van der Waals surface area contributed by atoms with E-state index in [2.05, 4.69) is 23.6 Å². The van der Waals surface area contributed by atoms with Crippen LogP contribution in [0.25, 0.3) is 0 Å². The fourth-order valence-corrected chi connectivity index (χ4v) is 0. The van der Waals surface area contributed by atoms with E-state index in [-0.39, 0.29) is 51.4 Å². The topological polar surface area (TPSA) is 24.7 Å². The van der Waals surface area contributed by atoms with Crippen molar-refractivity contribution in [3.05, 3.63) is 0 Å². The second-order valence-corrected chi connectivity index (χ2v) is 0.231. The molecule has 0 fully saturated rings. The molecular formula is C2H2KN2-. The molecule has 0 heterocycles. The summed E-state index contributed by atoms with van der Waals surface area (Å²) in [5.41, 5.74) is 0. The summed E-state index contributed by atoms with van der Waals surface area (Å²) in [5.74, 6) is 0. The Morgan fingerprint density at radius 1 is 1.00 bits per heavy atom. The van der Waals surface area contributed by atoms with Gasteiger partial charge in [-0.3, -0.25) is 0 Å². The molecule has 22 valence electrons. The zero-order valence-corrected chi connectivity index (χ0v) is 6.17. The zero-order chi connectivity index (χ0) is 3.41. The van der Waals surface area contributed by atoms with Gasteiger partial charge in [0.25, 0.3) is 0 Å². The fraction of sp³-hybridized carbons (Fsp3) is 0. The molecule has 2 nitrogen and oxygen atoms in total. The van der Waals surface area contributed by atoms with Gasteiger partial charge in [0, 0.05) is 0 Å². The van der Waals surface area contributed by atoms with Gasteiger partial charge in [-0.1, -0.05) is 0 Å². The van der Waals surface area contributed by atoms with Gasteiger partial charge in [-0.2, -0.15) is 0 Å². The molecular weight excluding hydrogens is 91.1 g/mol. The molecule has 0 unspecified atom stereocenters. The molecule has 0 radical (unpaired) electrons. The van der Waals surface area contributed by atoms with Crippen molar-refractivity contribution in [3.8, 4) is 0 Å². The van der Waals surface area contributed by atoms with Gasteiger partial charge in [-0.15, -0.1) is 0 Å². The van der Waals surface area contributed by atoms with Crippen LogP contribution in [0, 0.1) is 0 Å². The Kier molecular flexibility index (Phi) is 16.6. The van der Waals surface area contributed by atoms with Gasteiger partial charge in [0.2, 0.25) is 0 Å². The third-order valence-corrected chi connectivity index (χ3v) is 0.0667. The van der Waals surface area contributed by atoms with E-state index in [1.807, 2.05) is 0 Å². The van der Waals surface area contributed by atoms with Crippen LogP contribution in [-0.4, -0.2) is 13.4 Å². The van der Waals surface area contributed by atoms with Crippen molar-refractivity contribution in [2.75, 3.05) is 0 Å². The molecule has 5 heavy (non-hydrogen) atoms.